The Labute approximate surface area is 163 Å². The molecule has 0 bridgehead atoms. The quantitative estimate of drug-likeness (QED) is 0.274. The van der Waals surface area contributed by atoms with Gasteiger partial charge in [0.2, 0.25) is 0 Å². The van der Waals surface area contributed by atoms with Crippen molar-refractivity contribution in [2.75, 3.05) is 0 Å². The van der Waals surface area contributed by atoms with Crippen molar-refractivity contribution in [2.24, 2.45) is 0 Å². The SMILES string of the molecule is Brc1cccc2c1c1cc3c(cc1n2-c1ccccc1)oc1ccccc13. The maximum Gasteiger partial charge on any atom is 0.137 e. The van der Waals surface area contributed by atoms with Crippen molar-refractivity contribution in [3.63, 3.8) is 0 Å². The van der Waals surface area contributed by atoms with E-state index in [9.17, 15) is 0 Å². The van der Waals surface area contributed by atoms with Crippen LogP contribution in [0.25, 0.3) is 49.4 Å². The molecule has 27 heavy (non-hydrogen) atoms. The molecule has 0 aliphatic heterocycles. The molecule has 0 unspecified atom stereocenters. The first kappa shape index (κ1) is 15.1. The van der Waals surface area contributed by atoms with Gasteiger partial charge in [0.1, 0.15) is 11.2 Å². The van der Waals surface area contributed by atoms with Gasteiger partial charge in [0.25, 0.3) is 0 Å². The van der Waals surface area contributed by atoms with Gasteiger partial charge in [0, 0.05) is 37.8 Å². The molecule has 6 aromatic rings. The summed E-state index contributed by atoms with van der Waals surface area (Å²) >= 11 is 3.77. The number of hydrogen-bond donors (Lipinski definition) is 0. The number of fused-ring (bicyclic) bond motifs is 6. The molecule has 0 N–H and O–H groups in total. The molecule has 3 heteroatoms. The summed E-state index contributed by atoms with van der Waals surface area (Å²) in [4.78, 5) is 0. The zero-order valence-corrected chi connectivity index (χ0v) is 15.9. The summed E-state index contributed by atoms with van der Waals surface area (Å²) in [6.45, 7) is 0. The van der Waals surface area contributed by atoms with Crippen LogP contribution in [0, 0.1) is 0 Å². The Balaban J connectivity index is 1.87. The predicted octanol–water partition coefficient (Wildman–Crippen LogP) is 7.45. The second kappa shape index (κ2) is 5.48. The van der Waals surface area contributed by atoms with Crippen LogP contribution in [0.4, 0.5) is 0 Å². The van der Waals surface area contributed by atoms with Gasteiger partial charge in [-0.1, -0.05) is 58.4 Å². The lowest BCUT2D eigenvalue weighted by Crippen LogP contribution is -1.92. The summed E-state index contributed by atoms with van der Waals surface area (Å²) in [6, 6.07) is 29.5. The second-order valence-electron chi connectivity index (χ2n) is 6.77. The summed E-state index contributed by atoms with van der Waals surface area (Å²) in [5.74, 6) is 0. The molecule has 0 fully saturated rings. The summed E-state index contributed by atoms with van der Waals surface area (Å²) < 4.78 is 9.56. The van der Waals surface area contributed by atoms with Crippen molar-refractivity contribution >= 4 is 59.7 Å². The van der Waals surface area contributed by atoms with Gasteiger partial charge < -0.3 is 8.98 Å². The number of rotatable bonds is 1. The van der Waals surface area contributed by atoms with Crippen LogP contribution in [0.15, 0.2) is 93.8 Å². The molecule has 2 aromatic heterocycles. The molecule has 0 saturated carbocycles. The van der Waals surface area contributed by atoms with Crippen LogP contribution < -0.4 is 0 Å². The third-order valence-electron chi connectivity index (χ3n) is 5.25. The minimum atomic E-state index is 0.916. The molecule has 6 rings (SSSR count). The Morgan fingerprint density at radius 1 is 0.630 bits per heavy atom. The van der Waals surface area contributed by atoms with Gasteiger partial charge >= 0.3 is 0 Å². The fourth-order valence-corrected chi connectivity index (χ4v) is 4.67. The lowest BCUT2D eigenvalue weighted by atomic mass is 10.1. The highest BCUT2D eigenvalue weighted by atomic mass is 79.9. The highest BCUT2D eigenvalue weighted by Gasteiger charge is 2.17. The van der Waals surface area contributed by atoms with Gasteiger partial charge in [0.05, 0.1) is 11.0 Å². The van der Waals surface area contributed by atoms with E-state index < -0.39 is 0 Å². The smallest absolute Gasteiger partial charge is 0.137 e. The standard InChI is InChI=1S/C24H14BrNO/c25-19-10-6-11-20-24(19)18-13-17-16-9-4-5-12-22(16)27-23(17)14-21(18)26(20)15-7-2-1-3-8-15/h1-14H. The van der Waals surface area contributed by atoms with E-state index in [2.05, 4.69) is 87.2 Å². The van der Waals surface area contributed by atoms with Crippen LogP contribution in [0.5, 0.6) is 0 Å². The van der Waals surface area contributed by atoms with Crippen molar-refractivity contribution in [3.05, 3.63) is 89.4 Å². The molecule has 0 aliphatic rings. The number of hydrogen-bond acceptors (Lipinski definition) is 1. The van der Waals surface area contributed by atoms with Crippen LogP contribution in [0.1, 0.15) is 0 Å². The van der Waals surface area contributed by atoms with Gasteiger partial charge in [-0.2, -0.15) is 0 Å². The second-order valence-corrected chi connectivity index (χ2v) is 7.62. The Morgan fingerprint density at radius 2 is 1.44 bits per heavy atom. The van der Waals surface area contributed by atoms with Gasteiger partial charge in [-0.05, 0) is 36.4 Å². The van der Waals surface area contributed by atoms with E-state index in [1.165, 1.54) is 16.3 Å². The van der Waals surface area contributed by atoms with Crippen molar-refractivity contribution in [1.29, 1.82) is 0 Å². The molecule has 4 aromatic carbocycles. The van der Waals surface area contributed by atoms with Gasteiger partial charge in [0.15, 0.2) is 0 Å². The monoisotopic (exact) mass is 411 g/mol. The lowest BCUT2D eigenvalue weighted by Gasteiger charge is -2.07. The van der Waals surface area contributed by atoms with E-state index >= 15 is 0 Å². The Morgan fingerprint density at radius 3 is 2.33 bits per heavy atom. The van der Waals surface area contributed by atoms with E-state index in [0.29, 0.717) is 0 Å². The number of nitrogens with zero attached hydrogens (tertiary/aromatic N) is 1. The molecule has 2 nitrogen and oxygen atoms in total. The third kappa shape index (κ3) is 2.06. The van der Waals surface area contributed by atoms with Crippen molar-refractivity contribution in [3.8, 4) is 5.69 Å². The van der Waals surface area contributed by atoms with Gasteiger partial charge in [-0.3, -0.25) is 0 Å². The van der Waals surface area contributed by atoms with Crippen molar-refractivity contribution < 1.29 is 4.42 Å². The number of para-hydroxylation sites is 2. The minimum Gasteiger partial charge on any atom is -0.456 e. The van der Waals surface area contributed by atoms with Crippen LogP contribution in [0.3, 0.4) is 0 Å². The molecular formula is C24H14BrNO. The minimum absolute atomic E-state index is 0.916. The highest BCUT2D eigenvalue weighted by molar-refractivity contribution is 9.10. The molecule has 0 aliphatic carbocycles. The molecule has 0 spiro atoms. The summed E-state index contributed by atoms with van der Waals surface area (Å²) in [5, 5.41) is 4.76. The van der Waals surface area contributed by atoms with E-state index in [0.717, 1.165) is 37.6 Å². The topological polar surface area (TPSA) is 18.1 Å². The fourth-order valence-electron chi connectivity index (χ4n) is 4.10. The molecule has 2 heterocycles. The Hall–Kier alpha value is -3.04. The maximum atomic E-state index is 6.15. The normalized spacial score (nSPS) is 11.9. The van der Waals surface area contributed by atoms with E-state index in [1.807, 2.05) is 18.2 Å². The lowest BCUT2D eigenvalue weighted by molar-refractivity contribution is 0.669. The predicted molar refractivity (Wildman–Crippen MR) is 116 cm³/mol. The molecule has 0 saturated heterocycles. The van der Waals surface area contributed by atoms with Gasteiger partial charge in [-0.25, -0.2) is 0 Å². The number of aromatic nitrogens is 1. The molecule has 0 amide bonds. The summed E-state index contributed by atoms with van der Waals surface area (Å²) in [5.41, 5.74) is 5.32. The maximum absolute atomic E-state index is 6.15. The van der Waals surface area contributed by atoms with Crippen LogP contribution in [-0.4, -0.2) is 4.57 Å². The number of halogens is 1. The van der Waals surface area contributed by atoms with Crippen LogP contribution >= 0.6 is 15.9 Å². The Kier molecular flexibility index (Phi) is 3.06. The summed E-state index contributed by atoms with van der Waals surface area (Å²) in [6.07, 6.45) is 0. The van der Waals surface area contributed by atoms with E-state index in [4.69, 9.17) is 4.42 Å². The van der Waals surface area contributed by atoms with E-state index in [-0.39, 0.29) is 0 Å². The molecular weight excluding hydrogens is 398 g/mol. The van der Waals surface area contributed by atoms with Crippen molar-refractivity contribution in [1.82, 2.24) is 4.57 Å². The average molecular weight is 412 g/mol. The molecule has 0 atom stereocenters. The zero-order valence-electron chi connectivity index (χ0n) is 14.3. The zero-order chi connectivity index (χ0) is 18.0. The van der Waals surface area contributed by atoms with Gasteiger partial charge in [-0.15, -0.1) is 0 Å². The van der Waals surface area contributed by atoms with Crippen LogP contribution in [0.2, 0.25) is 0 Å². The average Bonchev–Trinajstić information content (AvgIpc) is 3.22. The van der Waals surface area contributed by atoms with Crippen LogP contribution in [-0.2, 0) is 0 Å². The number of benzene rings is 4. The highest BCUT2D eigenvalue weighted by Crippen LogP contribution is 2.40. The number of furan rings is 1. The first-order valence-electron chi connectivity index (χ1n) is 8.90. The molecule has 128 valence electrons. The fraction of sp³-hybridized carbons (Fsp3) is 0. The largest absolute Gasteiger partial charge is 0.456 e. The Bertz CT molecular complexity index is 1470. The molecule has 0 radical (unpaired) electrons. The van der Waals surface area contributed by atoms with Crippen molar-refractivity contribution in [2.45, 2.75) is 0 Å². The third-order valence-corrected chi connectivity index (χ3v) is 5.91. The first-order chi connectivity index (χ1) is 13.3. The summed E-state index contributed by atoms with van der Waals surface area (Å²) in [7, 11) is 0. The van der Waals surface area contributed by atoms with E-state index in [1.54, 1.807) is 0 Å². The first-order valence-corrected chi connectivity index (χ1v) is 9.70.